The summed E-state index contributed by atoms with van der Waals surface area (Å²) in [5.74, 6) is 1.20. The largest absolute Gasteiger partial charge is 0.309 e. The fourth-order valence-electron chi connectivity index (χ4n) is 2.92. The first-order valence-corrected chi connectivity index (χ1v) is 8.09. The van der Waals surface area contributed by atoms with Crippen LogP contribution in [0, 0.1) is 0 Å². The Bertz CT molecular complexity index is 388. The molecule has 2 nitrogen and oxygen atoms in total. The second kappa shape index (κ2) is 6.09. The lowest BCUT2D eigenvalue weighted by molar-refractivity contribution is 0.329. The molecule has 2 heterocycles. The Labute approximate surface area is 114 Å². The first-order chi connectivity index (χ1) is 8.93. The van der Waals surface area contributed by atoms with E-state index in [1.54, 1.807) is 0 Å². The number of hydrogen-bond acceptors (Lipinski definition) is 3. The van der Waals surface area contributed by atoms with Gasteiger partial charge < -0.3 is 10.2 Å². The average molecular weight is 262 g/mol. The van der Waals surface area contributed by atoms with E-state index in [1.165, 1.54) is 55.1 Å². The molecular formula is C15H22N2S. The predicted octanol–water partition coefficient (Wildman–Crippen LogP) is 2.91. The van der Waals surface area contributed by atoms with Crippen LogP contribution in [0.5, 0.6) is 0 Å². The molecule has 2 aliphatic heterocycles. The van der Waals surface area contributed by atoms with Crippen LogP contribution in [0.15, 0.2) is 29.2 Å². The van der Waals surface area contributed by atoms with Crippen LogP contribution in [-0.4, -0.2) is 36.8 Å². The average Bonchev–Trinajstić information content (AvgIpc) is 3.04. The topological polar surface area (TPSA) is 15.3 Å². The van der Waals surface area contributed by atoms with E-state index in [0.717, 1.165) is 6.54 Å². The van der Waals surface area contributed by atoms with Crippen LogP contribution in [0.1, 0.15) is 30.9 Å². The number of fused-ring (bicyclic) bond motifs is 1. The summed E-state index contributed by atoms with van der Waals surface area (Å²) in [5.41, 5.74) is 1.50. The van der Waals surface area contributed by atoms with Gasteiger partial charge in [0.25, 0.3) is 0 Å². The van der Waals surface area contributed by atoms with E-state index < -0.39 is 0 Å². The molecule has 1 aromatic carbocycles. The Kier molecular flexibility index (Phi) is 4.24. The zero-order chi connectivity index (χ0) is 12.2. The Balaban J connectivity index is 1.41. The van der Waals surface area contributed by atoms with Crippen LogP contribution in [-0.2, 0) is 0 Å². The molecule has 1 aromatic rings. The summed E-state index contributed by atoms with van der Waals surface area (Å²) in [6.45, 7) is 5.06. The molecule has 1 fully saturated rings. The van der Waals surface area contributed by atoms with Gasteiger partial charge in [-0.2, -0.15) is 0 Å². The smallest absolute Gasteiger partial charge is 0.0426 e. The van der Waals surface area contributed by atoms with Gasteiger partial charge in [-0.1, -0.05) is 18.2 Å². The summed E-state index contributed by atoms with van der Waals surface area (Å²) in [5, 5.41) is 3.71. The summed E-state index contributed by atoms with van der Waals surface area (Å²) >= 11 is 1.99. The van der Waals surface area contributed by atoms with E-state index in [1.807, 2.05) is 11.8 Å². The van der Waals surface area contributed by atoms with Crippen molar-refractivity contribution in [3.8, 4) is 0 Å². The van der Waals surface area contributed by atoms with Crippen LogP contribution in [0.4, 0.5) is 0 Å². The van der Waals surface area contributed by atoms with E-state index in [-0.39, 0.29) is 0 Å². The molecule has 3 heteroatoms. The highest BCUT2D eigenvalue weighted by Crippen LogP contribution is 2.37. The molecule has 0 aromatic heterocycles. The fraction of sp³-hybridized carbons (Fsp3) is 0.600. The van der Waals surface area contributed by atoms with Crippen molar-refractivity contribution in [2.45, 2.75) is 30.2 Å². The third-order valence-corrected chi connectivity index (χ3v) is 5.12. The molecule has 1 saturated heterocycles. The highest BCUT2D eigenvalue weighted by atomic mass is 32.2. The molecule has 1 unspecified atom stereocenters. The third kappa shape index (κ3) is 2.90. The van der Waals surface area contributed by atoms with Crippen LogP contribution < -0.4 is 5.32 Å². The van der Waals surface area contributed by atoms with E-state index >= 15 is 0 Å². The number of hydrogen-bond donors (Lipinski definition) is 1. The van der Waals surface area contributed by atoms with Gasteiger partial charge in [-0.25, -0.2) is 0 Å². The Morgan fingerprint density at radius 2 is 2.06 bits per heavy atom. The van der Waals surface area contributed by atoms with Crippen molar-refractivity contribution >= 4 is 11.8 Å². The second-order valence-electron chi connectivity index (χ2n) is 5.26. The second-order valence-corrected chi connectivity index (χ2v) is 6.32. The van der Waals surface area contributed by atoms with Crippen molar-refractivity contribution in [3.63, 3.8) is 0 Å². The highest BCUT2D eigenvalue weighted by molar-refractivity contribution is 7.99. The standard InChI is InChI=1S/C15H22N2S/c1-2-7-15-13(6-1)14(12-18-15)16-8-5-11-17-9-3-4-10-17/h1-2,6-7,14,16H,3-5,8-12H2. The molecule has 2 aliphatic rings. The molecule has 0 radical (unpaired) electrons. The van der Waals surface area contributed by atoms with Gasteiger partial charge in [0.1, 0.15) is 0 Å². The highest BCUT2D eigenvalue weighted by Gasteiger charge is 2.21. The van der Waals surface area contributed by atoms with E-state index in [2.05, 4.69) is 34.5 Å². The van der Waals surface area contributed by atoms with Crippen molar-refractivity contribution in [1.29, 1.82) is 0 Å². The van der Waals surface area contributed by atoms with Crippen LogP contribution in [0.2, 0.25) is 0 Å². The predicted molar refractivity (Wildman–Crippen MR) is 78.2 cm³/mol. The fourth-order valence-corrected chi connectivity index (χ4v) is 4.11. The van der Waals surface area contributed by atoms with Crippen LogP contribution in [0.25, 0.3) is 0 Å². The molecule has 1 atom stereocenters. The van der Waals surface area contributed by atoms with Gasteiger partial charge in [-0.05, 0) is 57.1 Å². The number of rotatable bonds is 5. The van der Waals surface area contributed by atoms with Gasteiger partial charge in [0.2, 0.25) is 0 Å². The first-order valence-electron chi connectivity index (χ1n) is 7.11. The van der Waals surface area contributed by atoms with Crippen molar-refractivity contribution in [2.24, 2.45) is 0 Å². The summed E-state index contributed by atoms with van der Waals surface area (Å²) in [6.07, 6.45) is 4.09. The minimum absolute atomic E-state index is 0.574. The quantitative estimate of drug-likeness (QED) is 0.821. The molecular weight excluding hydrogens is 240 g/mol. The van der Waals surface area contributed by atoms with Crippen molar-refractivity contribution in [1.82, 2.24) is 10.2 Å². The summed E-state index contributed by atoms with van der Waals surface area (Å²) in [4.78, 5) is 4.06. The van der Waals surface area contributed by atoms with Gasteiger partial charge in [-0.3, -0.25) is 0 Å². The number of benzene rings is 1. The van der Waals surface area contributed by atoms with Crippen molar-refractivity contribution in [2.75, 3.05) is 31.9 Å². The Morgan fingerprint density at radius 3 is 2.94 bits per heavy atom. The van der Waals surface area contributed by atoms with E-state index in [0.29, 0.717) is 6.04 Å². The molecule has 0 spiro atoms. The lowest BCUT2D eigenvalue weighted by atomic mass is 10.1. The van der Waals surface area contributed by atoms with Crippen LogP contribution >= 0.6 is 11.8 Å². The minimum atomic E-state index is 0.574. The SMILES string of the molecule is c1ccc2c(c1)SCC2NCCCN1CCCC1. The van der Waals surface area contributed by atoms with Crippen molar-refractivity contribution < 1.29 is 0 Å². The van der Waals surface area contributed by atoms with Crippen molar-refractivity contribution in [3.05, 3.63) is 29.8 Å². The maximum absolute atomic E-state index is 3.71. The number of nitrogens with zero attached hydrogens (tertiary/aromatic N) is 1. The van der Waals surface area contributed by atoms with Gasteiger partial charge in [0, 0.05) is 16.7 Å². The van der Waals surface area contributed by atoms with Gasteiger partial charge in [0.05, 0.1) is 0 Å². The molecule has 98 valence electrons. The summed E-state index contributed by atoms with van der Waals surface area (Å²) < 4.78 is 0. The lowest BCUT2D eigenvalue weighted by Gasteiger charge is -2.16. The van der Waals surface area contributed by atoms with E-state index in [9.17, 15) is 0 Å². The summed E-state index contributed by atoms with van der Waals surface area (Å²) in [6, 6.07) is 9.38. The third-order valence-electron chi connectivity index (χ3n) is 3.94. The number of nitrogens with one attached hydrogen (secondary N) is 1. The number of likely N-dealkylation sites (tertiary alicyclic amines) is 1. The Morgan fingerprint density at radius 1 is 1.22 bits per heavy atom. The molecule has 0 saturated carbocycles. The molecule has 0 aliphatic carbocycles. The van der Waals surface area contributed by atoms with Gasteiger partial charge >= 0.3 is 0 Å². The zero-order valence-electron chi connectivity index (χ0n) is 10.9. The number of thioether (sulfide) groups is 1. The first kappa shape index (κ1) is 12.5. The molecule has 18 heavy (non-hydrogen) atoms. The minimum Gasteiger partial charge on any atom is -0.309 e. The maximum Gasteiger partial charge on any atom is 0.0426 e. The lowest BCUT2D eigenvalue weighted by Crippen LogP contribution is -2.27. The van der Waals surface area contributed by atoms with Gasteiger partial charge in [-0.15, -0.1) is 11.8 Å². The van der Waals surface area contributed by atoms with Crippen LogP contribution in [0.3, 0.4) is 0 Å². The monoisotopic (exact) mass is 262 g/mol. The molecule has 0 amide bonds. The normalized spacial score (nSPS) is 23.4. The summed E-state index contributed by atoms with van der Waals surface area (Å²) in [7, 11) is 0. The molecule has 0 bridgehead atoms. The Hall–Kier alpha value is -0.510. The van der Waals surface area contributed by atoms with E-state index in [4.69, 9.17) is 0 Å². The maximum atomic E-state index is 3.71. The molecule has 3 rings (SSSR count). The zero-order valence-corrected chi connectivity index (χ0v) is 11.7. The molecule has 1 N–H and O–H groups in total. The van der Waals surface area contributed by atoms with Gasteiger partial charge in [0.15, 0.2) is 0 Å².